The number of nitrogens with zero attached hydrogens (tertiary/aromatic N) is 1. The van der Waals surface area contributed by atoms with Crippen molar-refractivity contribution in [1.82, 2.24) is 5.32 Å². The van der Waals surface area contributed by atoms with Crippen LogP contribution in [0.3, 0.4) is 0 Å². The first-order valence-electron chi connectivity index (χ1n) is 30.1. The molecule has 3 atom stereocenters. The van der Waals surface area contributed by atoms with E-state index in [4.69, 9.17) is 9.05 Å². The summed E-state index contributed by atoms with van der Waals surface area (Å²) in [5.74, 6) is -0.149. The van der Waals surface area contributed by atoms with Crippen LogP contribution in [-0.4, -0.2) is 73.4 Å². The van der Waals surface area contributed by atoms with Gasteiger partial charge in [0.05, 0.1) is 39.9 Å². The average Bonchev–Trinajstić information content (AvgIpc) is 3.35. The van der Waals surface area contributed by atoms with Gasteiger partial charge >= 0.3 is 7.82 Å². The number of amides is 1. The first-order valence-corrected chi connectivity index (χ1v) is 31.6. The summed E-state index contributed by atoms with van der Waals surface area (Å²) in [5, 5.41) is 14.0. The number of hydrogen-bond acceptors (Lipinski definition) is 5. The van der Waals surface area contributed by atoms with E-state index in [1.165, 1.54) is 135 Å². The van der Waals surface area contributed by atoms with Crippen molar-refractivity contribution in [2.75, 3.05) is 40.9 Å². The summed E-state index contributed by atoms with van der Waals surface area (Å²) in [6.45, 7) is 4.77. The van der Waals surface area contributed by atoms with Crippen LogP contribution in [0.15, 0.2) is 97.2 Å². The van der Waals surface area contributed by atoms with E-state index in [-0.39, 0.29) is 19.1 Å². The summed E-state index contributed by atoms with van der Waals surface area (Å²) < 4.78 is 23.8. The molecule has 8 nitrogen and oxygen atoms in total. The topological polar surface area (TPSA) is 105 Å². The van der Waals surface area contributed by atoms with Crippen LogP contribution in [0.2, 0.25) is 0 Å². The number of likely N-dealkylation sites (N-methyl/N-ethyl adjacent to an activating group) is 1. The number of quaternary nitrogens is 1. The quantitative estimate of drug-likeness (QED) is 0.0243. The largest absolute Gasteiger partial charge is 0.472 e. The summed E-state index contributed by atoms with van der Waals surface area (Å²) in [7, 11) is 1.61. The molecule has 0 aliphatic rings. The van der Waals surface area contributed by atoms with E-state index >= 15 is 0 Å². The molecule has 0 radical (unpaired) electrons. The molecule has 1 amide bonds. The van der Waals surface area contributed by atoms with Gasteiger partial charge in [0.2, 0.25) is 5.91 Å². The minimum atomic E-state index is -4.33. The maximum Gasteiger partial charge on any atom is 0.472 e. The van der Waals surface area contributed by atoms with Crippen molar-refractivity contribution in [3.05, 3.63) is 97.2 Å². The number of phosphoric acid groups is 1. The van der Waals surface area contributed by atoms with E-state index in [0.29, 0.717) is 23.9 Å². The monoisotopic (exact) mass is 1040 g/mol. The van der Waals surface area contributed by atoms with E-state index in [1.807, 2.05) is 21.1 Å². The standard InChI is InChI=1S/C64H115N2O6P/c1-6-8-10-12-14-16-18-20-22-23-24-25-26-27-28-29-30-31-32-33-34-35-36-37-38-39-40-41-42-43-44-46-48-50-52-54-56-58-64(68)65-62(61-72-73(69,70)71-60-59-66(3,4)5)63(67)57-55-53-51-49-47-45-21-19-17-15-13-11-9-7-2/h8,10,14,16,20,22,24-25,27-28,30-31,33-34,36-37,62-63,67H,6-7,9,11-13,15,17-19,21,23,26,29,32,35,38-61H2,1-5H3,(H-,65,68,69,70)/p+1/b10-8-,16-14-,22-20-,25-24-,28-27-,31-30-,34-33-,37-36-. The van der Waals surface area contributed by atoms with Gasteiger partial charge in [-0.1, -0.05) is 265 Å². The minimum absolute atomic E-state index is 0.0712. The number of allylic oxidation sites excluding steroid dienone is 16. The lowest BCUT2D eigenvalue weighted by molar-refractivity contribution is -0.870. The third kappa shape index (κ3) is 57.0. The van der Waals surface area contributed by atoms with Crippen molar-refractivity contribution < 1.29 is 32.9 Å². The summed E-state index contributed by atoms with van der Waals surface area (Å²) in [5.41, 5.74) is 0. The molecule has 0 aliphatic heterocycles. The van der Waals surface area contributed by atoms with Crippen LogP contribution in [0.5, 0.6) is 0 Å². The zero-order valence-electron chi connectivity index (χ0n) is 48.1. The van der Waals surface area contributed by atoms with E-state index in [9.17, 15) is 19.4 Å². The lowest BCUT2D eigenvalue weighted by Gasteiger charge is -2.26. The van der Waals surface area contributed by atoms with Gasteiger partial charge in [0.15, 0.2) is 0 Å². The second kappa shape index (κ2) is 54.2. The predicted molar refractivity (Wildman–Crippen MR) is 318 cm³/mol. The molecule has 3 unspecified atom stereocenters. The van der Waals surface area contributed by atoms with E-state index in [1.54, 1.807) is 0 Å². The molecule has 0 spiro atoms. The molecular formula is C64H116N2O6P+. The molecule has 0 aromatic rings. The van der Waals surface area contributed by atoms with Gasteiger partial charge in [0.25, 0.3) is 0 Å². The summed E-state index contributed by atoms with van der Waals surface area (Å²) in [6.07, 6.45) is 77.6. The molecule has 3 N–H and O–H groups in total. The predicted octanol–water partition coefficient (Wildman–Crippen LogP) is 18.6. The fourth-order valence-electron chi connectivity index (χ4n) is 8.42. The van der Waals surface area contributed by atoms with Gasteiger partial charge < -0.3 is 19.8 Å². The van der Waals surface area contributed by atoms with Crippen molar-refractivity contribution in [1.29, 1.82) is 0 Å². The zero-order chi connectivity index (χ0) is 53.5. The number of nitrogens with one attached hydrogen (secondary N) is 1. The molecule has 0 aliphatic carbocycles. The Kier molecular flexibility index (Phi) is 52.3. The molecule has 0 bridgehead atoms. The van der Waals surface area contributed by atoms with Gasteiger partial charge in [-0.15, -0.1) is 0 Å². The third-order valence-corrected chi connectivity index (χ3v) is 14.1. The Morgan fingerprint density at radius 1 is 0.479 bits per heavy atom. The van der Waals surface area contributed by atoms with Crippen molar-refractivity contribution in [2.24, 2.45) is 0 Å². The number of unbranched alkanes of at least 4 members (excludes halogenated alkanes) is 25. The van der Waals surface area contributed by atoms with Gasteiger partial charge in [0, 0.05) is 6.42 Å². The Hall–Kier alpha value is -2.58. The summed E-state index contributed by atoms with van der Waals surface area (Å²) >= 11 is 0. The number of phosphoric ester groups is 1. The molecule has 422 valence electrons. The minimum Gasteiger partial charge on any atom is -0.391 e. The normalized spacial score (nSPS) is 14.6. The fraction of sp³-hybridized carbons (Fsp3) is 0.734. The molecule has 0 fully saturated rings. The van der Waals surface area contributed by atoms with Crippen LogP contribution in [0.4, 0.5) is 0 Å². The second-order valence-electron chi connectivity index (χ2n) is 21.3. The number of aliphatic hydroxyl groups is 1. The number of aliphatic hydroxyl groups excluding tert-OH is 1. The fourth-order valence-corrected chi connectivity index (χ4v) is 9.15. The molecule has 0 saturated carbocycles. The van der Waals surface area contributed by atoms with Gasteiger partial charge in [-0.2, -0.15) is 0 Å². The lowest BCUT2D eigenvalue weighted by Crippen LogP contribution is -2.46. The van der Waals surface area contributed by atoms with Crippen LogP contribution in [-0.2, 0) is 18.4 Å². The van der Waals surface area contributed by atoms with E-state index in [2.05, 4.69) is 116 Å². The lowest BCUT2D eigenvalue weighted by atomic mass is 10.0. The molecule has 0 heterocycles. The molecule has 0 aromatic carbocycles. The Balaban J connectivity index is 4.05. The van der Waals surface area contributed by atoms with Crippen LogP contribution < -0.4 is 5.32 Å². The molecule has 0 saturated heterocycles. The number of hydrogen-bond donors (Lipinski definition) is 3. The number of carbonyl (C=O) groups is 1. The summed E-state index contributed by atoms with van der Waals surface area (Å²) in [6, 6.07) is -0.766. The highest BCUT2D eigenvalue weighted by molar-refractivity contribution is 7.47. The number of rotatable bonds is 54. The van der Waals surface area contributed by atoms with Gasteiger partial charge in [-0.05, 0) is 77.0 Å². The van der Waals surface area contributed by atoms with Gasteiger partial charge in [-0.25, -0.2) is 4.57 Å². The van der Waals surface area contributed by atoms with Crippen LogP contribution in [0.25, 0.3) is 0 Å². The van der Waals surface area contributed by atoms with Crippen molar-refractivity contribution in [3.63, 3.8) is 0 Å². The Morgan fingerprint density at radius 3 is 1.21 bits per heavy atom. The van der Waals surface area contributed by atoms with E-state index in [0.717, 1.165) is 89.9 Å². The highest BCUT2D eigenvalue weighted by Crippen LogP contribution is 2.43. The molecule has 9 heteroatoms. The first kappa shape index (κ1) is 70.4. The van der Waals surface area contributed by atoms with Crippen molar-refractivity contribution in [2.45, 2.75) is 264 Å². The van der Waals surface area contributed by atoms with Gasteiger partial charge in [-0.3, -0.25) is 13.8 Å². The highest BCUT2D eigenvalue weighted by Gasteiger charge is 2.28. The molecule has 0 rings (SSSR count). The molecular weight excluding hydrogens is 924 g/mol. The highest BCUT2D eigenvalue weighted by atomic mass is 31.2. The zero-order valence-corrected chi connectivity index (χ0v) is 49.0. The third-order valence-electron chi connectivity index (χ3n) is 13.1. The van der Waals surface area contributed by atoms with Crippen molar-refractivity contribution >= 4 is 13.7 Å². The van der Waals surface area contributed by atoms with Crippen LogP contribution >= 0.6 is 7.82 Å². The maximum atomic E-state index is 13.0. The number of carbonyl (C=O) groups excluding carboxylic acids is 1. The molecule has 0 aromatic heterocycles. The van der Waals surface area contributed by atoms with E-state index < -0.39 is 20.0 Å². The Bertz CT molecular complexity index is 1510. The van der Waals surface area contributed by atoms with Crippen LogP contribution in [0, 0.1) is 0 Å². The van der Waals surface area contributed by atoms with Crippen molar-refractivity contribution in [3.8, 4) is 0 Å². The summed E-state index contributed by atoms with van der Waals surface area (Å²) in [4.78, 5) is 23.3. The Morgan fingerprint density at radius 2 is 0.822 bits per heavy atom. The van der Waals surface area contributed by atoms with Crippen LogP contribution in [0.1, 0.15) is 251 Å². The maximum absolute atomic E-state index is 13.0. The Labute approximate surface area is 451 Å². The smallest absolute Gasteiger partial charge is 0.391 e. The molecule has 73 heavy (non-hydrogen) atoms. The average molecular weight is 1040 g/mol. The second-order valence-corrected chi connectivity index (χ2v) is 22.8. The van der Waals surface area contributed by atoms with Gasteiger partial charge in [0.1, 0.15) is 13.2 Å². The first-order chi connectivity index (χ1) is 35.5. The SMILES string of the molecule is CC/C=C\C/C=C\C/C=C\C/C=C\C/C=C\C/C=C\C/C=C\C/C=C\CCCCCCCCCCCCCCC(=O)NC(COP(=O)(O)OCC[N+](C)(C)C)C(O)CCCCCCCCCCCCCCCC.